The van der Waals surface area contributed by atoms with Crippen molar-refractivity contribution in [2.24, 2.45) is 5.92 Å². The zero-order chi connectivity index (χ0) is 15.8. The fourth-order valence-corrected chi connectivity index (χ4v) is 1.57. The van der Waals surface area contributed by atoms with Crippen molar-refractivity contribution in [3.05, 3.63) is 24.3 Å². The van der Waals surface area contributed by atoms with Crippen molar-refractivity contribution in [2.75, 3.05) is 37.4 Å². The summed E-state index contributed by atoms with van der Waals surface area (Å²) in [6.07, 6.45) is 0. The normalized spacial score (nSPS) is 10.1. The predicted octanol–water partition coefficient (Wildman–Crippen LogP) is 1.65. The number of anilines is 2. The Balaban J connectivity index is 2.35. The Morgan fingerprint density at radius 3 is 2.24 bits per heavy atom. The van der Waals surface area contributed by atoms with Gasteiger partial charge in [-0.2, -0.15) is 0 Å². The topological polar surface area (TPSA) is 73.5 Å². The molecular formula is C15H24N4O2. The molecule has 0 aliphatic carbocycles. The summed E-state index contributed by atoms with van der Waals surface area (Å²) in [5.74, 6) is 0.118. The number of rotatable bonds is 6. The molecule has 21 heavy (non-hydrogen) atoms. The molecule has 0 bridgehead atoms. The maximum atomic E-state index is 11.7. The summed E-state index contributed by atoms with van der Waals surface area (Å²) in [4.78, 5) is 25.1. The highest BCUT2D eigenvalue weighted by molar-refractivity contribution is 5.94. The molecule has 0 aliphatic rings. The second kappa shape index (κ2) is 8.14. The number of benzene rings is 1. The van der Waals surface area contributed by atoms with Crippen molar-refractivity contribution in [3.8, 4) is 0 Å². The van der Waals surface area contributed by atoms with Crippen LogP contribution in [0.3, 0.4) is 0 Å². The molecule has 0 radical (unpaired) electrons. The van der Waals surface area contributed by atoms with Gasteiger partial charge >= 0.3 is 6.03 Å². The van der Waals surface area contributed by atoms with E-state index in [2.05, 4.69) is 16.0 Å². The summed E-state index contributed by atoms with van der Waals surface area (Å²) in [7, 11) is 3.90. The van der Waals surface area contributed by atoms with Crippen molar-refractivity contribution in [3.63, 3.8) is 0 Å². The first kappa shape index (κ1) is 16.8. The van der Waals surface area contributed by atoms with Gasteiger partial charge in [0, 0.05) is 32.0 Å². The minimum atomic E-state index is -0.332. The lowest BCUT2D eigenvalue weighted by Gasteiger charge is -2.13. The van der Waals surface area contributed by atoms with Gasteiger partial charge in [-0.05, 0) is 30.2 Å². The number of carbonyl (C=O) groups is 2. The molecule has 116 valence electrons. The van der Waals surface area contributed by atoms with Crippen molar-refractivity contribution < 1.29 is 9.59 Å². The first-order valence-electron chi connectivity index (χ1n) is 6.97. The van der Waals surface area contributed by atoms with E-state index < -0.39 is 0 Å². The van der Waals surface area contributed by atoms with E-state index in [-0.39, 0.29) is 18.5 Å². The SMILES string of the molecule is CC(C)CNC(=O)NCC(=O)Nc1ccc(N(C)C)cc1. The van der Waals surface area contributed by atoms with Gasteiger partial charge < -0.3 is 20.9 Å². The van der Waals surface area contributed by atoms with E-state index in [4.69, 9.17) is 0 Å². The molecule has 6 nitrogen and oxygen atoms in total. The average molecular weight is 292 g/mol. The second-order valence-corrected chi connectivity index (χ2v) is 5.45. The molecule has 0 atom stereocenters. The van der Waals surface area contributed by atoms with E-state index in [0.29, 0.717) is 18.2 Å². The van der Waals surface area contributed by atoms with Gasteiger partial charge in [0.25, 0.3) is 0 Å². The Hall–Kier alpha value is -2.24. The average Bonchev–Trinajstić information content (AvgIpc) is 2.43. The van der Waals surface area contributed by atoms with Crippen LogP contribution in [-0.2, 0) is 4.79 Å². The lowest BCUT2D eigenvalue weighted by molar-refractivity contribution is -0.115. The lowest BCUT2D eigenvalue weighted by atomic mass is 10.2. The molecule has 3 amide bonds. The molecule has 0 unspecified atom stereocenters. The molecule has 1 rings (SSSR count). The van der Waals surface area contributed by atoms with Crippen LogP contribution >= 0.6 is 0 Å². The van der Waals surface area contributed by atoms with E-state index in [9.17, 15) is 9.59 Å². The van der Waals surface area contributed by atoms with Crippen LogP contribution in [0.1, 0.15) is 13.8 Å². The van der Waals surface area contributed by atoms with Gasteiger partial charge in [-0.25, -0.2) is 4.79 Å². The maximum Gasteiger partial charge on any atom is 0.315 e. The van der Waals surface area contributed by atoms with Gasteiger partial charge in [0.05, 0.1) is 6.54 Å². The van der Waals surface area contributed by atoms with Crippen LogP contribution in [0, 0.1) is 5.92 Å². The zero-order valence-corrected chi connectivity index (χ0v) is 13.1. The van der Waals surface area contributed by atoms with Gasteiger partial charge in [-0.1, -0.05) is 13.8 Å². The second-order valence-electron chi connectivity index (χ2n) is 5.45. The molecule has 0 spiro atoms. The molecule has 0 saturated carbocycles. The molecule has 1 aromatic carbocycles. The highest BCUT2D eigenvalue weighted by atomic mass is 16.2. The van der Waals surface area contributed by atoms with Crippen LogP contribution in [0.15, 0.2) is 24.3 Å². The van der Waals surface area contributed by atoms with Gasteiger partial charge in [0.1, 0.15) is 0 Å². The molecule has 0 heterocycles. The maximum absolute atomic E-state index is 11.7. The summed E-state index contributed by atoms with van der Waals surface area (Å²) in [6, 6.07) is 7.15. The molecule has 6 heteroatoms. The van der Waals surface area contributed by atoms with E-state index in [1.807, 2.05) is 57.1 Å². The van der Waals surface area contributed by atoms with E-state index >= 15 is 0 Å². The Bertz CT molecular complexity index is 469. The molecule has 0 aliphatic heterocycles. The third-order valence-corrected chi connectivity index (χ3v) is 2.75. The van der Waals surface area contributed by atoms with Gasteiger partial charge in [-0.3, -0.25) is 4.79 Å². The molecule has 1 aromatic rings. The third-order valence-electron chi connectivity index (χ3n) is 2.75. The summed E-state index contributed by atoms with van der Waals surface area (Å²) in [6.45, 7) is 4.54. The summed E-state index contributed by atoms with van der Waals surface area (Å²) < 4.78 is 0. The lowest BCUT2D eigenvalue weighted by Crippen LogP contribution is -2.41. The number of urea groups is 1. The van der Waals surface area contributed by atoms with Crippen LogP contribution < -0.4 is 20.9 Å². The molecule has 0 saturated heterocycles. The Kier molecular flexibility index (Phi) is 6.52. The summed E-state index contributed by atoms with van der Waals surface area (Å²) in [5.41, 5.74) is 1.76. The van der Waals surface area contributed by atoms with Crippen molar-refractivity contribution in [2.45, 2.75) is 13.8 Å². The first-order valence-corrected chi connectivity index (χ1v) is 6.97. The van der Waals surface area contributed by atoms with Gasteiger partial charge in [0.15, 0.2) is 0 Å². The van der Waals surface area contributed by atoms with Gasteiger partial charge in [-0.15, -0.1) is 0 Å². The summed E-state index contributed by atoms with van der Waals surface area (Å²) in [5, 5.41) is 7.93. The highest BCUT2D eigenvalue weighted by Gasteiger charge is 2.06. The number of carbonyl (C=O) groups excluding carboxylic acids is 2. The molecule has 0 fully saturated rings. The minimum absolute atomic E-state index is 0.0562. The van der Waals surface area contributed by atoms with E-state index in [0.717, 1.165) is 5.69 Å². The first-order chi connectivity index (χ1) is 9.88. The smallest absolute Gasteiger partial charge is 0.315 e. The molecular weight excluding hydrogens is 268 g/mol. The number of nitrogens with zero attached hydrogens (tertiary/aromatic N) is 1. The highest BCUT2D eigenvalue weighted by Crippen LogP contribution is 2.15. The monoisotopic (exact) mass is 292 g/mol. The van der Waals surface area contributed by atoms with Crippen LogP contribution in [-0.4, -0.2) is 39.1 Å². The quantitative estimate of drug-likeness (QED) is 0.746. The predicted molar refractivity (Wildman–Crippen MR) is 85.6 cm³/mol. The fraction of sp³-hybridized carbons (Fsp3) is 0.467. The van der Waals surface area contributed by atoms with Crippen molar-refractivity contribution in [1.29, 1.82) is 0 Å². The van der Waals surface area contributed by atoms with Crippen LogP contribution in [0.5, 0.6) is 0 Å². The van der Waals surface area contributed by atoms with Crippen molar-refractivity contribution in [1.82, 2.24) is 10.6 Å². The van der Waals surface area contributed by atoms with Crippen LogP contribution in [0.25, 0.3) is 0 Å². The largest absolute Gasteiger partial charge is 0.378 e. The zero-order valence-electron chi connectivity index (χ0n) is 13.1. The minimum Gasteiger partial charge on any atom is -0.378 e. The van der Waals surface area contributed by atoms with E-state index in [1.165, 1.54) is 0 Å². The van der Waals surface area contributed by atoms with Crippen LogP contribution in [0.4, 0.5) is 16.2 Å². The number of hydrogen-bond donors (Lipinski definition) is 3. The standard InChI is InChI=1S/C15H24N4O2/c1-11(2)9-16-15(21)17-10-14(20)18-12-5-7-13(8-6-12)19(3)4/h5-8,11H,9-10H2,1-4H3,(H,18,20)(H2,16,17,21). The number of hydrogen-bond acceptors (Lipinski definition) is 3. The molecule has 0 aromatic heterocycles. The Morgan fingerprint density at radius 1 is 1.10 bits per heavy atom. The third kappa shape index (κ3) is 6.65. The Morgan fingerprint density at radius 2 is 1.71 bits per heavy atom. The number of amides is 3. The van der Waals surface area contributed by atoms with Gasteiger partial charge in [0.2, 0.25) is 5.91 Å². The fourth-order valence-electron chi connectivity index (χ4n) is 1.57. The molecule has 3 N–H and O–H groups in total. The van der Waals surface area contributed by atoms with E-state index in [1.54, 1.807) is 0 Å². The van der Waals surface area contributed by atoms with Crippen molar-refractivity contribution >= 4 is 23.3 Å². The van der Waals surface area contributed by atoms with Crippen LogP contribution in [0.2, 0.25) is 0 Å². The summed E-state index contributed by atoms with van der Waals surface area (Å²) >= 11 is 0. The number of nitrogens with one attached hydrogen (secondary N) is 3. The Labute approximate surface area is 125 Å².